The van der Waals surface area contributed by atoms with Crippen LogP contribution < -0.4 is 14.5 Å². The zero-order valence-electron chi connectivity index (χ0n) is 22.5. The summed E-state index contributed by atoms with van der Waals surface area (Å²) in [4.78, 5) is 5.02. The molecule has 0 aliphatic carbocycles. The number of allylic oxidation sites excluding steroid dienone is 3. The van der Waals surface area contributed by atoms with Gasteiger partial charge in [-0.15, -0.1) is 0 Å². The van der Waals surface area contributed by atoms with E-state index >= 15 is 0 Å². The van der Waals surface area contributed by atoms with Crippen molar-refractivity contribution in [2.24, 2.45) is 11.8 Å². The quantitative estimate of drug-likeness (QED) is 0.306. The van der Waals surface area contributed by atoms with Crippen LogP contribution in [0.4, 0.5) is 11.4 Å². The van der Waals surface area contributed by atoms with E-state index in [2.05, 4.69) is 111 Å². The highest BCUT2D eigenvalue weighted by molar-refractivity contribution is 5.62. The highest BCUT2D eigenvalue weighted by Gasteiger charge is 2.29. The van der Waals surface area contributed by atoms with Gasteiger partial charge in [-0.1, -0.05) is 63.8 Å². The van der Waals surface area contributed by atoms with Crippen LogP contribution in [0, 0.1) is 11.8 Å². The molecule has 1 aliphatic heterocycles. The SMILES string of the molecule is C=C(/C=C/c1cccc(N(C(=C)CC(C)C)C(C)C2CCN(c3ccc(OC)cc3)CC2)c1)CC. The van der Waals surface area contributed by atoms with E-state index in [4.69, 9.17) is 4.74 Å². The van der Waals surface area contributed by atoms with E-state index in [0.29, 0.717) is 17.9 Å². The van der Waals surface area contributed by atoms with Crippen LogP contribution in [0.3, 0.4) is 0 Å². The molecule has 0 bridgehead atoms. The summed E-state index contributed by atoms with van der Waals surface area (Å²) in [6.45, 7) is 19.9. The fourth-order valence-electron chi connectivity index (χ4n) is 5.03. The molecule has 1 unspecified atom stereocenters. The van der Waals surface area contributed by atoms with Crippen LogP contribution >= 0.6 is 0 Å². The van der Waals surface area contributed by atoms with Gasteiger partial charge >= 0.3 is 0 Å². The van der Waals surface area contributed by atoms with Crippen molar-refractivity contribution in [1.29, 1.82) is 0 Å². The molecule has 1 atom stereocenters. The van der Waals surface area contributed by atoms with E-state index < -0.39 is 0 Å². The molecule has 0 radical (unpaired) electrons. The lowest BCUT2D eigenvalue weighted by atomic mass is 9.88. The summed E-state index contributed by atoms with van der Waals surface area (Å²) in [7, 11) is 1.72. The van der Waals surface area contributed by atoms with Crippen molar-refractivity contribution in [3.8, 4) is 5.75 Å². The predicted octanol–water partition coefficient (Wildman–Crippen LogP) is 8.35. The first-order chi connectivity index (χ1) is 16.8. The van der Waals surface area contributed by atoms with Gasteiger partial charge in [-0.05, 0) is 86.4 Å². The van der Waals surface area contributed by atoms with Gasteiger partial charge in [0, 0.05) is 36.2 Å². The molecule has 3 heteroatoms. The monoisotopic (exact) mass is 472 g/mol. The Bertz CT molecular complexity index is 996. The summed E-state index contributed by atoms with van der Waals surface area (Å²) in [5, 5.41) is 0. The van der Waals surface area contributed by atoms with Crippen molar-refractivity contribution >= 4 is 17.5 Å². The van der Waals surface area contributed by atoms with E-state index in [-0.39, 0.29) is 0 Å². The molecule has 0 amide bonds. The number of methoxy groups -OCH3 is 1. The fraction of sp³-hybridized carbons (Fsp3) is 0.438. The van der Waals surface area contributed by atoms with Crippen LogP contribution in [0.1, 0.15) is 58.9 Å². The second kappa shape index (κ2) is 12.7. The van der Waals surface area contributed by atoms with Gasteiger partial charge in [-0.2, -0.15) is 0 Å². The molecule has 1 heterocycles. The van der Waals surface area contributed by atoms with Gasteiger partial charge in [0.15, 0.2) is 0 Å². The van der Waals surface area contributed by atoms with Gasteiger partial charge in [0.1, 0.15) is 5.75 Å². The van der Waals surface area contributed by atoms with Crippen LogP contribution in [0.25, 0.3) is 6.08 Å². The predicted molar refractivity (Wildman–Crippen MR) is 153 cm³/mol. The molecular formula is C32H44N2O. The smallest absolute Gasteiger partial charge is 0.119 e. The first-order valence-electron chi connectivity index (χ1n) is 13.1. The van der Waals surface area contributed by atoms with Crippen molar-refractivity contribution in [3.05, 3.63) is 84.6 Å². The van der Waals surface area contributed by atoms with Gasteiger partial charge < -0.3 is 14.5 Å². The molecule has 0 saturated carbocycles. The zero-order chi connectivity index (χ0) is 25.4. The minimum atomic E-state index is 0.393. The highest BCUT2D eigenvalue weighted by Crippen LogP contribution is 2.34. The molecule has 1 saturated heterocycles. The Morgan fingerprint density at radius 2 is 1.77 bits per heavy atom. The van der Waals surface area contributed by atoms with Gasteiger partial charge in [-0.3, -0.25) is 0 Å². The van der Waals surface area contributed by atoms with Crippen LogP contribution in [0.15, 0.2) is 79.0 Å². The third-order valence-electron chi connectivity index (χ3n) is 7.17. The number of piperidine rings is 1. The van der Waals surface area contributed by atoms with Gasteiger partial charge in [0.2, 0.25) is 0 Å². The lowest BCUT2D eigenvalue weighted by Crippen LogP contribution is -2.44. The Kier molecular flexibility index (Phi) is 9.65. The van der Waals surface area contributed by atoms with E-state index in [9.17, 15) is 0 Å². The summed E-state index contributed by atoms with van der Waals surface area (Å²) < 4.78 is 5.32. The van der Waals surface area contributed by atoms with Gasteiger partial charge in [-0.25, -0.2) is 0 Å². The molecular weight excluding hydrogens is 428 g/mol. The Labute approximate surface area is 213 Å². The molecule has 2 aromatic carbocycles. The first kappa shape index (κ1) is 26.7. The molecule has 0 spiro atoms. The molecule has 0 N–H and O–H groups in total. The third-order valence-corrected chi connectivity index (χ3v) is 7.17. The standard InChI is InChI=1S/C32H44N2O/c1-8-25(4)12-13-28-10-9-11-31(23-28)34(26(5)22-24(2)3)27(6)29-18-20-33(21-19-29)30-14-16-32(35-7)17-15-30/h9-17,23-24,27,29H,4-5,8,18-22H2,1-3,6-7H3/b13-12+. The minimum Gasteiger partial charge on any atom is -0.497 e. The lowest BCUT2D eigenvalue weighted by molar-refractivity contribution is 0.345. The Morgan fingerprint density at radius 1 is 1.09 bits per heavy atom. The number of ether oxygens (including phenoxy) is 1. The molecule has 3 nitrogen and oxygen atoms in total. The molecule has 1 fully saturated rings. The number of anilines is 2. The van der Waals surface area contributed by atoms with Crippen molar-refractivity contribution in [1.82, 2.24) is 0 Å². The maximum Gasteiger partial charge on any atom is 0.119 e. The number of rotatable bonds is 11. The van der Waals surface area contributed by atoms with Crippen LogP contribution in [-0.4, -0.2) is 26.2 Å². The average molecular weight is 473 g/mol. The fourth-order valence-corrected chi connectivity index (χ4v) is 5.03. The molecule has 188 valence electrons. The van der Waals surface area contributed by atoms with E-state index in [1.54, 1.807) is 7.11 Å². The normalized spacial score (nSPS) is 15.4. The van der Waals surface area contributed by atoms with Crippen molar-refractivity contribution in [3.63, 3.8) is 0 Å². The number of benzene rings is 2. The second-order valence-corrected chi connectivity index (χ2v) is 10.2. The third kappa shape index (κ3) is 7.27. The van der Waals surface area contributed by atoms with Crippen LogP contribution in [0.2, 0.25) is 0 Å². The van der Waals surface area contributed by atoms with E-state index in [1.165, 1.54) is 35.5 Å². The molecule has 35 heavy (non-hydrogen) atoms. The molecule has 3 rings (SSSR count). The van der Waals surface area contributed by atoms with Crippen molar-refractivity contribution in [2.75, 3.05) is 30.0 Å². The summed E-state index contributed by atoms with van der Waals surface area (Å²) in [5.41, 5.74) is 6.09. The molecule has 1 aliphatic rings. The second-order valence-electron chi connectivity index (χ2n) is 10.2. The zero-order valence-corrected chi connectivity index (χ0v) is 22.5. The summed E-state index contributed by atoms with van der Waals surface area (Å²) in [5.74, 6) is 2.10. The maximum atomic E-state index is 5.32. The average Bonchev–Trinajstić information content (AvgIpc) is 2.87. The van der Waals surface area contributed by atoms with Gasteiger partial charge in [0.05, 0.1) is 7.11 Å². The maximum absolute atomic E-state index is 5.32. The topological polar surface area (TPSA) is 15.7 Å². The van der Waals surface area contributed by atoms with E-state index in [1.807, 2.05) is 0 Å². The molecule has 2 aromatic rings. The first-order valence-corrected chi connectivity index (χ1v) is 13.1. The highest BCUT2D eigenvalue weighted by atomic mass is 16.5. The van der Waals surface area contributed by atoms with Crippen LogP contribution in [-0.2, 0) is 0 Å². The van der Waals surface area contributed by atoms with Crippen molar-refractivity contribution in [2.45, 2.75) is 59.4 Å². The summed E-state index contributed by atoms with van der Waals surface area (Å²) >= 11 is 0. The van der Waals surface area contributed by atoms with E-state index in [0.717, 1.165) is 37.3 Å². The largest absolute Gasteiger partial charge is 0.497 e. The summed E-state index contributed by atoms with van der Waals surface area (Å²) in [6, 6.07) is 17.7. The number of nitrogens with zero attached hydrogens (tertiary/aromatic N) is 2. The Balaban J connectivity index is 1.77. The van der Waals surface area contributed by atoms with Gasteiger partial charge in [0.25, 0.3) is 0 Å². The minimum absolute atomic E-state index is 0.393. The Hall–Kier alpha value is -2.94. The summed E-state index contributed by atoms with van der Waals surface area (Å²) in [6.07, 6.45) is 8.63. The number of hydrogen-bond donors (Lipinski definition) is 0. The van der Waals surface area contributed by atoms with Crippen molar-refractivity contribution < 1.29 is 4.74 Å². The lowest BCUT2D eigenvalue weighted by Gasteiger charge is -2.42. The Morgan fingerprint density at radius 3 is 2.37 bits per heavy atom. The van der Waals surface area contributed by atoms with Crippen LogP contribution in [0.5, 0.6) is 5.75 Å². The molecule has 0 aromatic heterocycles. The number of hydrogen-bond acceptors (Lipinski definition) is 3.